The van der Waals surface area contributed by atoms with E-state index in [0.29, 0.717) is 37.6 Å². The number of halogens is 1. The lowest BCUT2D eigenvalue weighted by molar-refractivity contribution is 0.0960. The lowest BCUT2D eigenvalue weighted by Crippen LogP contribution is -2.48. The highest BCUT2D eigenvalue weighted by molar-refractivity contribution is 7.89. The summed E-state index contributed by atoms with van der Waals surface area (Å²) in [5.41, 5.74) is 0. The first-order valence-electron chi connectivity index (χ1n) is 9.49. The number of rotatable bonds is 4. The molecule has 8 nitrogen and oxygen atoms in total. The van der Waals surface area contributed by atoms with Crippen molar-refractivity contribution in [3.05, 3.63) is 42.5 Å². The largest absolute Gasteiger partial charge is 0.487 e. The molecule has 0 aliphatic carbocycles. The van der Waals surface area contributed by atoms with Crippen LogP contribution in [0.25, 0.3) is 0 Å². The average molecular weight is 422 g/mol. The van der Waals surface area contributed by atoms with Gasteiger partial charge in [0.2, 0.25) is 16.0 Å². The van der Waals surface area contributed by atoms with Crippen LogP contribution >= 0.6 is 0 Å². The molecule has 1 aromatic heterocycles. The summed E-state index contributed by atoms with van der Waals surface area (Å²) < 4.78 is 52.8. The van der Waals surface area contributed by atoms with Gasteiger partial charge in [-0.3, -0.25) is 0 Å². The second-order valence-electron chi connectivity index (χ2n) is 7.04. The topological polar surface area (TPSA) is 84.9 Å². The average Bonchev–Trinajstić information content (AvgIpc) is 2.96. The van der Waals surface area contributed by atoms with E-state index in [1.807, 2.05) is 4.90 Å². The van der Waals surface area contributed by atoms with Crippen molar-refractivity contribution in [2.75, 3.05) is 38.3 Å². The molecule has 2 aromatic rings. The van der Waals surface area contributed by atoms with E-state index in [9.17, 15) is 12.8 Å². The molecule has 1 fully saturated rings. The third-order valence-corrected chi connectivity index (χ3v) is 7.26. The van der Waals surface area contributed by atoms with Crippen molar-refractivity contribution in [1.29, 1.82) is 0 Å². The van der Waals surface area contributed by atoms with Crippen molar-refractivity contribution >= 4 is 16.0 Å². The molecule has 10 heteroatoms. The van der Waals surface area contributed by atoms with Crippen LogP contribution in [0.3, 0.4) is 0 Å². The zero-order chi connectivity index (χ0) is 20.4. The molecule has 2 aliphatic heterocycles. The Morgan fingerprint density at radius 2 is 1.93 bits per heavy atom. The molecule has 0 amide bonds. The van der Waals surface area contributed by atoms with E-state index in [-0.39, 0.29) is 30.2 Å². The van der Waals surface area contributed by atoms with Gasteiger partial charge >= 0.3 is 0 Å². The van der Waals surface area contributed by atoms with Gasteiger partial charge < -0.3 is 14.4 Å². The molecule has 2 aliphatic rings. The minimum Gasteiger partial charge on any atom is -0.487 e. The van der Waals surface area contributed by atoms with Gasteiger partial charge in [0.05, 0.1) is 25.0 Å². The highest BCUT2D eigenvalue weighted by atomic mass is 32.2. The van der Waals surface area contributed by atoms with Gasteiger partial charge in [-0.25, -0.2) is 22.8 Å². The normalized spacial score (nSPS) is 24.0. The molecular weight excluding hydrogens is 399 g/mol. The monoisotopic (exact) mass is 422 g/mol. The van der Waals surface area contributed by atoms with Crippen LogP contribution in [0.5, 0.6) is 5.75 Å². The summed E-state index contributed by atoms with van der Waals surface area (Å²) in [5, 5.41) is 0. The van der Waals surface area contributed by atoms with E-state index < -0.39 is 15.8 Å². The summed E-state index contributed by atoms with van der Waals surface area (Å²) in [5.74, 6) is 0.300. The maximum Gasteiger partial charge on any atom is 0.247 e. The van der Waals surface area contributed by atoms with E-state index in [1.54, 1.807) is 31.4 Å². The van der Waals surface area contributed by atoms with E-state index in [2.05, 4.69) is 9.97 Å². The molecule has 1 saturated heterocycles. The van der Waals surface area contributed by atoms with Crippen molar-refractivity contribution in [3.8, 4) is 5.75 Å². The number of benzene rings is 1. The Kier molecular flexibility index (Phi) is 5.66. The molecule has 156 valence electrons. The third-order valence-electron chi connectivity index (χ3n) is 5.30. The van der Waals surface area contributed by atoms with Crippen LogP contribution in [0.4, 0.5) is 10.3 Å². The van der Waals surface area contributed by atoms with Crippen LogP contribution < -0.4 is 9.64 Å². The maximum atomic E-state index is 13.4. The van der Waals surface area contributed by atoms with Crippen molar-refractivity contribution in [2.24, 2.45) is 0 Å². The number of hydrogen-bond donors (Lipinski definition) is 0. The molecule has 0 saturated carbocycles. The Labute approximate surface area is 169 Å². The molecular formula is C19H23FN4O4S. The van der Waals surface area contributed by atoms with Crippen LogP contribution in [0, 0.1) is 5.82 Å². The zero-order valence-corrected chi connectivity index (χ0v) is 16.9. The highest BCUT2D eigenvalue weighted by Gasteiger charge is 2.43. The van der Waals surface area contributed by atoms with Crippen molar-refractivity contribution in [1.82, 2.24) is 14.3 Å². The predicted molar refractivity (Wildman–Crippen MR) is 104 cm³/mol. The summed E-state index contributed by atoms with van der Waals surface area (Å²) in [7, 11) is -2.19. The lowest BCUT2D eigenvalue weighted by Gasteiger charge is -2.31. The summed E-state index contributed by atoms with van der Waals surface area (Å²) in [6.45, 7) is 1.64. The van der Waals surface area contributed by atoms with E-state index >= 15 is 0 Å². The van der Waals surface area contributed by atoms with Crippen molar-refractivity contribution in [3.63, 3.8) is 0 Å². The fourth-order valence-corrected chi connectivity index (χ4v) is 5.68. The Bertz CT molecular complexity index is 957. The van der Waals surface area contributed by atoms with Gasteiger partial charge in [-0.05, 0) is 18.6 Å². The number of anilines is 1. The first-order chi connectivity index (χ1) is 14.0. The number of sulfonamides is 1. The molecule has 0 unspecified atom stereocenters. The minimum absolute atomic E-state index is 0.183. The van der Waals surface area contributed by atoms with Crippen LogP contribution in [-0.2, 0) is 14.8 Å². The fourth-order valence-electron chi connectivity index (χ4n) is 3.89. The number of ether oxygens (including phenoxy) is 2. The number of methoxy groups -OCH3 is 1. The summed E-state index contributed by atoms with van der Waals surface area (Å²) in [6, 6.07) is 6.38. The number of para-hydroxylation sites is 1. The number of fused-ring (bicyclic) bond motifs is 2. The minimum atomic E-state index is -3.74. The molecule has 29 heavy (non-hydrogen) atoms. The Balaban J connectivity index is 1.67. The van der Waals surface area contributed by atoms with Gasteiger partial charge in [-0.2, -0.15) is 4.31 Å². The third kappa shape index (κ3) is 3.92. The number of nitrogens with zero attached hydrogens (tertiary/aromatic N) is 4. The van der Waals surface area contributed by atoms with Gasteiger partial charge in [0.1, 0.15) is 16.7 Å². The number of hydrogen-bond acceptors (Lipinski definition) is 7. The standard InChI is InChI=1S/C19H23FN4O4S/c1-27-11-10-24-15-6-8-23(19-21-12-14(20)13-22-19)9-7-16(15)28-17-4-2-3-5-18(17)29(24,25)26/h2-5,12-13,15-16H,6-11H2,1H3/t15-,16-/m0/s1. The SMILES string of the molecule is COCCN1[C@H]2CCN(c3ncc(F)cn3)CC[C@@H]2Oc2ccccc2S1(=O)=O. The maximum absolute atomic E-state index is 13.4. The van der Waals surface area contributed by atoms with E-state index in [0.717, 1.165) is 12.4 Å². The Hall–Kier alpha value is -2.30. The molecule has 0 bridgehead atoms. The fraction of sp³-hybridized carbons (Fsp3) is 0.474. The van der Waals surface area contributed by atoms with Gasteiger partial charge in [-0.1, -0.05) is 12.1 Å². The summed E-state index contributed by atoms with van der Waals surface area (Å²) in [4.78, 5) is 10.2. The Morgan fingerprint density at radius 1 is 1.21 bits per heavy atom. The molecule has 1 aromatic carbocycles. The van der Waals surface area contributed by atoms with E-state index in [1.165, 1.54) is 4.31 Å². The second kappa shape index (κ2) is 8.21. The smallest absolute Gasteiger partial charge is 0.247 e. The highest BCUT2D eigenvalue weighted by Crippen LogP contribution is 2.36. The summed E-state index contributed by atoms with van der Waals surface area (Å²) >= 11 is 0. The quantitative estimate of drug-likeness (QED) is 0.741. The molecule has 0 spiro atoms. The first-order valence-corrected chi connectivity index (χ1v) is 10.9. The van der Waals surface area contributed by atoms with Gasteiger partial charge in [0, 0.05) is 33.2 Å². The lowest BCUT2D eigenvalue weighted by atomic mass is 10.1. The number of aromatic nitrogens is 2. The first kappa shape index (κ1) is 20.0. The van der Waals surface area contributed by atoms with Crippen molar-refractivity contribution in [2.45, 2.75) is 29.9 Å². The van der Waals surface area contributed by atoms with Crippen LogP contribution in [0.2, 0.25) is 0 Å². The Morgan fingerprint density at radius 3 is 2.69 bits per heavy atom. The van der Waals surface area contributed by atoms with Crippen LogP contribution in [-0.4, -0.2) is 68.2 Å². The summed E-state index contributed by atoms with van der Waals surface area (Å²) in [6.07, 6.45) is 3.05. The van der Waals surface area contributed by atoms with Crippen LogP contribution in [0.1, 0.15) is 12.8 Å². The van der Waals surface area contributed by atoms with Gasteiger partial charge in [0.25, 0.3) is 0 Å². The van der Waals surface area contributed by atoms with Gasteiger partial charge in [-0.15, -0.1) is 0 Å². The van der Waals surface area contributed by atoms with E-state index in [4.69, 9.17) is 9.47 Å². The molecule has 0 N–H and O–H groups in total. The molecule has 2 atom stereocenters. The molecule has 4 rings (SSSR count). The van der Waals surface area contributed by atoms with Crippen LogP contribution in [0.15, 0.2) is 41.6 Å². The van der Waals surface area contributed by atoms with Gasteiger partial charge in [0.15, 0.2) is 5.82 Å². The van der Waals surface area contributed by atoms with Crippen molar-refractivity contribution < 1.29 is 22.3 Å². The molecule has 3 heterocycles. The second-order valence-corrected chi connectivity index (χ2v) is 8.90. The predicted octanol–water partition coefficient (Wildman–Crippen LogP) is 1.68. The zero-order valence-electron chi connectivity index (χ0n) is 16.1. The molecule has 0 radical (unpaired) electrons.